The van der Waals surface area contributed by atoms with Crippen molar-refractivity contribution < 1.29 is 4.74 Å². The molecular weight excluding hydrogens is 374 g/mol. The van der Waals surface area contributed by atoms with Gasteiger partial charge in [-0.15, -0.1) is 0 Å². The summed E-state index contributed by atoms with van der Waals surface area (Å²) in [6.45, 7) is 7.07. The van der Waals surface area contributed by atoms with Crippen molar-refractivity contribution >= 4 is 11.6 Å². The molecule has 1 aliphatic heterocycles. The Hall–Kier alpha value is -3.69. The summed E-state index contributed by atoms with van der Waals surface area (Å²) in [5.74, 6) is 1.73. The van der Waals surface area contributed by atoms with Crippen LogP contribution in [-0.4, -0.2) is 28.0 Å². The van der Waals surface area contributed by atoms with Crippen LogP contribution in [0.5, 0.6) is 11.6 Å². The van der Waals surface area contributed by atoms with Crippen LogP contribution in [0.2, 0.25) is 0 Å². The lowest BCUT2D eigenvalue weighted by Gasteiger charge is -2.18. The first-order valence-corrected chi connectivity index (χ1v) is 9.86. The fraction of sp³-hybridized carbons (Fsp3) is 0.208. The van der Waals surface area contributed by atoms with Crippen LogP contribution < -0.4 is 10.1 Å². The van der Waals surface area contributed by atoms with Crippen LogP contribution in [0.4, 0.5) is 11.6 Å². The Balaban J connectivity index is 1.48. The van der Waals surface area contributed by atoms with Crippen molar-refractivity contribution in [3.63, 3.8) is 0 Å². The van der Waals surface area contributed by atoms with Crippen molar-refractivity contribution in [1.82, 2.24) is 14.9 Å². The van der Waals surface area contributed by atoms with Gasteiger partial charge in [-0.1, -0.05) is 24.3 Å². The van der Waals surface area contributed by atoms with E-state index < -0.39 is 0 Å². The minimum Gasteiger partial charge on any atom is -0.438 e. The SMILES string of the molecule is Cc1cc(CN2CC=CC2)cc(C)c1Oc1ccnc(Nc2ccc(C#N)cc2)n1. The van der Waals surface area contributed by atoms with Crippen LogP contribution >= 0.6 is 0 Å². The molecule has 0 atom stereocenters. The Labute approximate surface area is 176 Å². The third-order valence-electron chi connectivity index (χ3n) is 4.93. The van der Waals surface area contributed by atoms with Crippen LogP contribution in [0.15, 0.2) is 60.8 Å². The average Bonchev–Trinajstić information content (AvgIpc) is 3.25. The van der Waals surface area contributed by atoms with E-state index in [1.165, 1.54) is 5.56 Å². The van der Waals surface area contributed by atoms with Gasteiger partial charge in [-0.05, 0) is 54.8 Å². The second-order valence-electron chi connectivity index (χ2n) is 7.36. The molecule has 4 rings (SSSR count). The van der Waals surface area contributed by atoms with Gasteiger partial charge in [0.15, 0.2) is 0 Å². The molecule has 1 aromatic heterocycles. The summed E-state index contributed by atoms with van der Waals surface area (Å²) in [5.41, 5.74) is 4.86. The van der Waals surface area contributed by atoms with Gasteiger partial charge in [0.2, 0.25) is 11.8 Å². The molecule has 150 valence electrons. The van der Waals surface area contributed by atoms with Crippen LogP contribution in [-0.2, 0) is 6.54 Å². The predicted octanol–water partition coefficient (Wildman–Crippen LogP) is 4.87. The standard InChI is InChI=1S/C24H23N5O/c1-17-13-20(16-29-11-3-4-12-29)14-18(2)23(17)30-22-9-10-26-24(28-22)27-21-7-5-19(15-25)6-8-21/h3-10,13-14H,11-12,16H2,1-2H3,(H,26,27,28). The van der Waals surface area contributed by atoms with Crippen molar-refractivity contribution in [2.24, 2.45) is 0 Å². The van der Waals surface area contributed by atoms with Gasteiger partial charge in [-0.25, -0.2) is 4.98 Å². The molecule has 6 heteroatoms. The van der Waals surface area contributed by atoms with Crippen LogP contribution in [0.25, 0.3) is 0 Å². The van der Waals surface area contributed by atoms with Crippen LogP contribution in [0.3, 0.4) is 0 Å². The zero-order valence-electron chi connectivity index (χ0n) is 17.1. The maximum Gasteiger partial charge on any atom is 0.230 e. The topological polar surface area (TPSA) is 74.1 Å². The molecule has 2 aromatic carbocycles. The van der Waals surface area contributed by atoms with Gasteiger partial charge < -0.3 is 10.1 Å². The monoisotopic (exact) mass is 397 g/mol. The molecule has 0 radical (unpaired) electrons. The number of aryl methyl sites for hydroxylation is 2. The Kier molecular flexibility index (Phi) is 5.73. The summed E-state index contributed by atoms with van der Waals surface area (Å²) in [6, 6.07) is 15.3. The predicted molar refractivity (Wildman–Crippen MR) is 117 cm³/mol. The van der Waals surface area contributed by atoms with Gasteiger partial charge in [-0.3, -0.25) is 4.90 Å². The number of nitrogens with zero attached hydrogens (tertiary/aromatic N) is 4. The average molecular weight is 397 g/mol. The Morgan fingerprint density at radius 2 is 1.77 bits per heavy atom. The lowest BCUT2D eigenvalue weighted by atomic mass is 10.1. The van der Waals surface area contributed by atoms with Gasteiger partial charge in [0.25, 0.3) is 0 Å². The number of hydrogen-bond acceptors (Lipinski definition) is 6. The number of aromatic nitrogens is 2. The summed E-state index contributed by atoms with van der Waals surface area (Å²) in [5, 5.41) is 12.0. The molecule has 1 N–H and O–H groups in total. The largest absolute Gasteiger partial charge is 0.438 e. The van der Waals surface area contributed by atoms with Crippen molar-refractivity contribution in [3.8, 4) is 17.7 Å². The Morgan fingerprint density at radius 1 is 1.07 bits per heavy atom. The highest BCUT2D eigenvalue weighted by molar-refractivity contribution is 5.55. The fourth-order valence-electron chi connectivity index (χ4n) is 3.52. The highest BCUT2D eigenvalue weighted by Gasteiger charge is 2.12. The van der Waals surface area contributed by atoms with Crippen molar-refractivity contribution in [2.75, 3.05) is 18.4 Å². The van der Waals surface area contributed by atoms with Crippen molar-refractivity contribution in [3.05, 3.63) is 83.1 Å². The molecule has 6 nitrogen and oxygen atoms in total. The maximum absolute atomic E-state index is 8.91. The van der Waals surface area contributed by atoms with E-state index in [4.69, 9.17) is 10.00 Å². The number of nitrogens with one attached hydrogen (secondary N) is 1. The van der Waals surface area contributed by atoms with E-state index in [1.807, 2.05) is 12.1 Å². The molecule has 2 heterocycles. The lowest BCUT2D eigenvalue weighted by molar-refractivity contribution is 0.345. The molecule has 1 aliphatic rings. The van der Waals surface area contributed by atoms with Gasteiger partial charge in [0, 0.05) is 37.6 Å². The van der Waals surface area contributed by atoms with Gasteiger partial charge >= 0.3 is 0 Å². The maximum atomic E-state index is 8.91. The highest BCUT2D eigenvalue weighted by Crippen LogP contribution is 2.30. The fourth-order valence-corrected chi connectivity index (χ4v) is 3.52. The minimum absolute atomic E-state index is 0.436. The van der Waals surface area contributed by atoms with Crippen LogP contribution in [0.1, 0.15) is 22.3 Å². The normalized spacial score (nSPS) is 13.2. The molecule has 0 saturated carbocycles. The van der Waals surface area contributed by atoms with E-state index in [0.29, 0.717) is 17.4 Å². The molecule has 0 amide bonds. The van der Waals surface area contributed by atoms with E-state index in [9.17, 15) is 0 Å². The van der Waals surface area contributed by atoms with Crippen LogP contribution in [0, 0.1) is 25.2 Å². The third kappa shape index (κ3) is 4.65. The summed E-state index contributed by atoms with van der Waals surface area (Å²) in [6.07, 6.45) is 6.07. The third-order valence-corrected chi connectivity index (χ3v) is 4.93. The number of hydrogen-bond donors (Lipinski definition) is 1. The second-order valence-corrected chi connectivity index (χ2v) is 7.36. The molecule has 3 aromatic rings. The molecule has 0 bridgehead atoms. The molecule has 0 spiro atoms. The highest BCUT2D eigenvalue weighted by atomic mass is 16.5. The molecule has 0 fully saturated rings. The van der Waals surface area contributed by atoms with E-state index in [2.05, 4.69) is 64.4 Å². The second kappa shape index (κ2) is 8.76. The number of nitriles is 1. The van der Waals surface area contributed by atoms with Crippen molar-refractivity contribution in [2.45, 2.75) is 20.4 Å². The number of ether oxygens (including phenoxy) is 1. The van der Waals surface area contributed by atoms with E-state index in [1.54, 1.807) is 24.4 Å². The zero-order valence-corrected chi connectivity index (χ0v) is 17.1. The van der Waals surface area contributed by atoms with Gasteiger partial charge in [-0.2, -0.15) is 10.2 Å². The summed E-state index contributed by atoms with van der Waals surface area (Å²) < 4.78 is 6.12. The first kappa shape index (κ1) is 19.6. The quantitative estimate of drug-likeness (QED) is 0.598. The van der Waals surface area contributed by atoms with E-state index >= 15 is 0 Å². The Morgan fingerprint density at radius 3 is 2.43 bits per heavy atom. The van der Waals surface area contributed by atoms with Crippen molar-refractivity contribution in [1.29, 1.82) is 5.26 Å². The summed E-state index contributed by atoms with van der Waals surface area (Å²) in [7, 11) is 0. The number of benzene rings is 2. The zero-order chi connectivity index (χ0) is 20.9. The molecule has 0 saturated heterocycles. The molecule has 0 unspecified atom stereocenters. The van der Waals surface area contributed by atoms with Gasteiger partial charge in [0.1, 0.15) is 5.75 Å². The van der Waals surface area contributed by atoms with E-state index in [-0.39, 0.29) is 0 Å². The summed E-state index contributed by atoms with van der Waals surface area (Å²) in [4.78, 5) is 11.1. The number of anilines is 2. The van der Waals surface area contributed by atoms with Gasteiger partial charge in [0.05, 0.1) is 11.6 Å². The smallest absolute Gasteiger partial charge is 0.230 e. The minimum atomic E-state index is 0.436. The molecule has 30 heavy (non-hydrogen) atoms. The Bertz CT molecular complexity index is 1080. The number of rotatable bonds is 6. The summed E-state index contributed by atoms with van der Waals surface area (Å²) >= 11 is 0. The molecule has 0 aliphatic carbocycles. The first-order chi connectivity index (χ1) is 14.6. The molecular formula is C24H23N5O. The van der Waals surface area contributed by atoms with E-state index in [0.717, 1.165) is 42.2 Å². The first-order valence-electron chi connectivity index (χ1n) is 9.86. The lowest BCUT2D eigenvalue weighted by Crippen LogP contribution is -2.19.